The minimum absolute atomic E-state index is 0.0404. The number of methoxy groups -OCH3 is 1. The average Bonchev–Trinajstić information content (AvgIpc) is 3.12. The zero-order chi connectivity index (χ0) is 17.7. The number of hydrogen-bond acceptors (Lipinski definition) is 5. The summed E-state index contributed by atoms with van der Waals surface area (Å²) < 4.78 is 37.7. The zero-order valence-corrected chi connectivity index (χ0v) is 15.9. The summed E-state index contributed by atoms with van der Waals surface area (Å²) >= 11 is 6.27. The third kappa shape index (κ3) is 2.85. The molecule has 24 heavy (non-hydrogen) atoms. The van der Waals surface area contributed by atoms with E-state index in [0.717, 1.165) is 12.8 Å². The number of ether oxygens (including phenoxy) is 1. The summed E-state index contributed by atoms with van der Waals surface area (Å²) in [5.41, 5.74) is 0.429. The number of oxazole rings is 1. The highest BCUT2D eigenvalue weighted by atomic mass is 35.5. The average molecular weight is 372 g/mol. The smallest absolute Gasteiger partial charge is 0.200 e. The maximum Gasteiger partial charge on any atom is 0.200 e. The molecule has 1 heterocycles. The Morgan fingerprint density at radius 3 is 2.62 bits per heavy atom. The summed E-state index contributed by atoms with van der Waals surface area (Å²) in [7, 11) is -2.13. The molecule has 3 rings (SSSR count). The van der Waals surface area contributed by atoms with Gasteiger partial charge >= 0.3 is 0 Å². The van der Waals surface area contributed by atoms with Gasteiger partial charge in [-0.2, -0.15) is 0 Å². The minimum atomic E-state index is -3.68. The first-order chi connectivity index (χ1) is 11.2. The van der Waals surface area contributed by atoms with Crippen LogP contribution in [0, 0.1) is 0 Å². The highest BCUT2D eigenvalue weighted by Gasteiger charge is 2.41. The Morgan fingerprint density at radius 1 is 1.29 bits per heavy atom. The van der Waals surface area contributed by atoms with Crippen LogP contribution < -0.4 is 0 Å². The first-order valence-corrected chi connectivity index (χ1v) is 9.95. The molecule has 1 aromatic carbocycles. The van der Waals surface area contributed by atoms with Gasteiger partial charge in [-0.1, -0.05) is 32.4 Å². The number of aromatic nitrogens is 1. The molecule has 1 aliphatic rings. The van der Waals surface area contributed by atoms with E-state index in [1.165, 1.54) is 0 Å². The Labute approximate surface area is 147 Å². The number of fused-ring (bicyclic) bond motifs is 1. The molecule has 1 saturated carbocycles. The van der Waals surface area contributed by atoms with Crippen molar-refractivity contribution in [3.8, 4) is 0 Å². The van der Waals surface area contributed by atoms with Crippen molar-refractivity contribution in [2.45, 2.75) is 61.7 Å². The summed E-state index contributed by atoms with van der Waals surface area (Å²) in [5.74, 6) is 0.492. The van der Waals surface area contributed by atoms with Crippen LogP contribution in [0.2, 0.25) is 5.02 Å². The molecular weight excluding hydrogens is 350 g/mol. The molecule has 132 valence electrons. The van der Waals surface area contributed by atoms with Gasteiger partial charge in [-0.3, -0.25) is 0 Å². The normalized spacial score (nSPS) is 22.4. The Balaban J connectivity index is 2.21. The Bertz CT molecular complexity index is 867. The van der Waals surface area contributed by atoms with Crippen molar-refractivity contribution in [2.75, 3.05) is 7.11 Å². The van der Waals surface area contributed by atoms with Gasteiger partial charge in [-0.25, -0.2) is 13.4 Å². The second kappa shape index (κ2) is 6.00. The minimum Gasteiger partial charge on any atom is -0.439 e. The van der Waals surface area contributed by atoms with E-state index in [1.54, 1.807) is 19.2 Å². The summed E-state index contributed by atoms with van der Waals surface area (Å²) in [6, 6.07) is 3.26. The molecule has 1 aromatic heterocycles. The molecule has 0 bridgehead atoms. The van der Waals surface area contributed by atoms with E-state index in [9.17, 15) is 8.42 Å². The van der Waals surface area contributed by atoms with Gasteiger partial charge in [-0.15, -0.1) is 0 Å². The molecular formula is C17H22ClNO4S. The number of hydrogen-bond donors (Lipinski definition) is 0. The van der Waals surface area contributed by atoms with E-state index in [4.69, 9.17) is 20.8 Å². The van der Waals surface area contributed by atoms with E-state index in [-0.39, 0.29) is 27.0 Å². The summed E-state index contributed by atoms with van der Waals surface area (Å²) in [4.78, 5) is 4.48. The van der Waals surface area contributed by atoms with Gasteiger partial charge in [0.1, 0.15) is 10.4 Å². The third-order valence-electron chi connectivity index (χ3n) is 4.48. The lowest BCUT2D eigenvalue weighted by Crippen LogP contribution is -2.31. The van der Waals surface area contributed by atoms with Crippen LogP contribution in [0.15, 0.2) is 21.4 Å². The van der Waals surface area contributed by atoms with Gasteiger partial charge in [0.2, 0.25) is 5.89 Å². The summed E-state index contributed by atoms with van der Waals surface area (Å²) in [6.45, 7) is 5.89. The van der Waals surface area contributed by atoms with Crippen LogP contribution >= 0.6 is 11.6 Å². The maximum atomic E-state index is 13.2. The second-order valence-corrected chi connectivity index (χ2v) is 9.79. The molecule has 0 amide bonds. The first kappa shape index (κ1) is 17.7. The lowest BCUT2D eigenvalue weighted by Gasteiger charge is -2.19. The van der Waals surface area contributed by atoms with Crippen LogP contribution in [0.3, 0.4) is 0 Å². The van der Waals surface area contributed by atoms with Crippen molar-refractivity contribution in [3.63, 3.8) is 0 Å². The van der Waals surface area contributed by atoms with E-state index in [2.05, 4.69) is 4.98 Å². The van der Waals surface area contributed by atoms with Crippen LogP contribution in [0.1, 0.15) is 45.9 Å². The quantitative estimate of drug-likeness (QED) is 0.811. The van der Waals surface area contributed by atoms with Crippen LogP contribution in [0.4, 0.5) is 0 Å². The fourth-order valence-corrected chi connectivity index (χ4v) is 5.84. The fraction of sp³-hybridized carbons (Fsp3) is 0.588. The molecule has 2 atom stereocenters. The summed E-state index contributed by atoms with van der Waals surface area (Å²) in [5, 5.41) is -0.436. The fourth-order valence-electron chi connectivity index (χ4n) is 3.20. The molecule has 0 unspecified atom stereocenters. The summed E-state index contributed by atoms with van der Waals surface area (Å²) in [6.07, 6.45) is 1.80. The lowest BCUT2D eigenvalue weighted by atomic mass is 9.97. The Morgan fingerprint density at radius 2 is 2.00 bits per heavy atom. The number of halogens is 1. The predicted octanol–water partition coefficient (Wildman–Crippen LogP) is 4.12. The van der Waals surface area contributed by atoms with Gasteiger partial charge in [-0.05, 0) is 31.4 Å². The van der Waals surface area contributed by atoms with Crippen LogP contribution in [0.5, 0.6) is 0 Å². The van der Waals surface area contributed by atoms with Crippen molar-refractivity contribution in [2.24, 2.45) is 0 Å². The van der Waals surface area contributed by atoms with Gasteiger partial charge in [0.15, 0.2) is 15.4 Å². The van der Waals surface area contributed by atoms with Crippen molar-refractivity contribution in [3.05, 3.63) is 23.0 Å². The van der Waals surface area contributed by atoms with Crippen LogP contribution in [0.25, 0.3) is 11.1 Å². The molecule has 2 aromatic rings. The number of sulfone groups is 1. The molecule has 0 aliphatic heterocycles. The van der Waals surface area contributed by atoms with Crippen molar-refractivity contribution in [1.29, 1.82) is 0 Å². The molecule has 0 N–H and O–H groups in total. The van der Waals surface area contributed by atoms with E-state index >= 15 is 0 Å². The van der Waals surface area contributed by atoms with E-state index in [1.807, 2.05) is 20.8 Å². The van der Waals surface area contributed by atoms with Crippen molar-refractivity contribution in [1.82, 2.24) is 4.98 Å². The SMILES string of the molecule is CO[C@@H]1CCC[C@H]1S(=O)(=O)c1c(Cl)ccc2nc(C(C)(C)C)oc12. The number of benzene rings is 1. The molecule has 7 heteroatoms. The topological polar surface area (TPSA) is 69.4 Å². The van der Waals surface area contributed by atoms with E-state index < -0.39 is 15.1 Å². The Kier molecular flexibility index (Phi) is 4.43. The molecule has 1 fully saturated rings. The first-order valence-electron chi connectivity index (χ1n) is 8.02. The molecule has 0 spiro atoms. The molecule has 1 aliphatic carbocycles. The van der Waals surface area contributed by atoms with Crippen molar-refractivity contribution >= 4 is 32.5 Å². The predicted molar refractivity (Wildman–Crippen MR) is 93.3 cm³/mol. The Hall–Kier alpha value is -1.11. The highest BCUT2D eigenvalue weighted by molar-refractivity contribution is 7.92. The van der Waals surface area contributed by atoms with Gasteiger partial charge < -0.3 is 9.15 Å². The second-order valence-electron chi connectivity index (χ2n) is 7.28. The number of nitrogens with zero attached hydrogens (tertiary/aromatic N) is 1. The molecule has 5 nitrogen and oxygen atoms in total. The van der Waals surface area contributed by atoms with Gasteiger partial charge in [0, 0.05) is 12.5 Å². The van der Waals surface area contributed by atoms with Crippen molar-refractivity contribution < 1.29 is 17.6 Å². The standard InChI is InChI=1S/C17H22ClNO4S/c1-17(2,3)16-19-11-9-8-10(18)15(14(11)23-16)24(20,21)13-7-5-6-12(13)22-4/h8-9,12-13H,5-7H2,1-4H3/t12-,13-/m1/s1. The lowest BCUT2D eigenvalue weighted by molar-refractivity contribution is 0.111. The maximum absolute atomic E-state index is 13.2. The number of rotatable bonds is 3. The monoisotopic (exact) mass is 371 g/mol. The zero-order valence-electron chi connectivity index (χ0n) is 14.3. The van der Waals surface area contributed by atoms with Crippen LogP contribution in [-0.2, 0) is 20.0 Å². The highest BCUT2D eigenvalue weighted by Crippen LogP contribution is 2.39. The van der Waals surface area contributed by atoms with Gasteiger partial charge in [0.25, 0.3) is 0 Å². The molecule has 0 radical (unpaired) electrons. The van der Waals surface area contributed by atoms with Gasteiger partial charge in [0.05, 0.1) is 16.4 Å². The van der Waals surface area contributed by atoms with E-state index in [0.29, 0.717) is 17.8 Å². The molecule has 0 saturated heterocycles. The third-order valence-corrected chi connectivity index (χ3v) is 7.22. The largest absolute Gasteiger partial charge is 0.439 e. The van der Waals surface area contributed by atoms with Crippen LogP contribution in [-0.4, -0.2) is 31.9 Å².